The minimum atomic E-state index is -1.02. The van der Waals surface area contributed by atoms with Crippen molar-refractivity contribution in [2.75, 3.05) is 0 Å². The molecule has 1 aliphatic rings. The van der Waals surface area contributed by atoms with Gasteiger partial charge in [0.15, 0.2) is 5.78 Å². The lowest BCUT2D eigenvalue weighted by Gasteiger charge is -2.04. The Balaban J connectivity index is 2.16. The number of carbonyl (C=O) groups is 3. The van der Waals surface area contributed by atoms with Crippen molar-refractivity contribution in [1.82, 2.24) is 0 Å². The van der Waals surface area contributed by atoms with Crippen LogP contribution in [0.4, 0.5) is 0 Å². The molecule has 0 N–H and O–H groups in total. The highest BCUT2D eigenvalue weighted by Crippen LogP contribution is 2.11. The summed E-state index contributed by atoms with van der Waals surface area (Å²) in [5.74, 6) is -2.73. The average molecular weight is 266 g/mol. The molecule has 0 saturated heterocycles. The lowest BCUT2D eigenvalue weighted by molar-refractivity contribution is -0.138. The van der Waals surface area contributed by atoms with Gasteiger partial charge >= 0.3 is 0 Å². The summed E-state index contributed by atoms with van der Waals surface area (Å²) in [6.45, 7) is 1.96. The third kappa shape index (κ3) is 3.26. The summed E-state index contributed by atoms with van der Waals surface area (Å²) in [6.07, 6.45) is 8.65. The molecule has 3 heteroatoms. The lowest BCUT2D eigenvalue weighted by atomic mass is 9.96. The van der Waals surface area contributed by atoms with Crippen molar-refractivity contribution in [1.29, 1.82) is 0 Å². The van der Waals surface area contributed by atoms with Crippen molar-refractivity contribution in [2.24, 2.45) is 5.92 Å². The molecule has 1 aliphatic carbocycles. The Morgan fingerprint density at radius 1 is 1.20 bits per heavy atom. The standard InChI is InChI=1S/C17H14O3/c1-12-5-4-6-13(11-12)9-10-15(18)14-7-2-3-8-16(19)17(14)20/h2-11,14H,1H3/b10-9+. The summed E-state index contributed by atoms with van der Waals surface area (Å²) in [5.41, 5.74) is 1.97. The third-order valence-corrected chi connectivity index (χ3v) is 2.98. The first-order chi connectivity index (χ1) is 9.58. The second-order valence-corrected chi connectivity index (χ2v) is 4.60. The monoisotopic (exact) mass is 266 g/mol. The topological polar surface area (TPSA) is 51.2 Å². The van der Waals surface area contributed by atoms with Crippen LogP contribution in [0.1, 0.15) is 11.1 Å². The molecule has 0 radical (unpaired) electrons. The van der Waals surface area contributed by atoms with Gasteiger partial charge in [0.1, 0.15) is 5.92 Å². The Labute approximate surface area is 117 Å². The third-order valence-electron chi connectivity index (χ3n) is 2.98. The highest BCUT2D eigenvalue weighted by Gasteiger charge is 2.27. The van der Waals surface area contributed by atoms with E-state index in [4.69, 9.17) is 0 Å². The molecule has 2 rings (SSSR count). The van der Waals surface area contributed by atoms with Crippen molar-refractivity contribution >= 4 is 23.4 Å². The molecule has 1 atom stereocenters. The van der Waals surface area contributed by atoms with Crippen LogP contribution in [0.5, 0.6) is 0 Å². The summed E-state index contributed by atoms with van der Waals surface area (Å²) in [4.78, 5) is 35.2. The van der Waals surface area contributed by atoms with Crippen LogP contribution in [-0.2, 0) is 14.4 Å². The highest BCUT2D eigenvalue weighted by molar-refractivity contribution is 6.46. The predicted octanol–water partition coefficient (Wildman–Crippen LogP) is 2.46. The summed E-state index contributed by atoms with van der Waals surface area (Å²) in [7, 11) is 0. The van der Waals surface area contributed by atoms with Crippen LogP contribution in [0.3, 0.4) is 0 Å². The van der Waals surface area contributed by atoms with Gasteiger partial charge in [-0.25, -0.2) is 0 Å². The number of carbonyl (C=O) groups excluding carboxylic acids is 3. The largest absolute Gasteiger partial charge is 0.294 e. The van der Waals surface area contributed by atoms with Crippen molar-refractivity contribution in [2.45, 2.75) is 6.92 Å². The Morgan fingerprint density at radius 3 is 2.75 bits per heavy atom. The van der Waals surface area contributed by atoms with Crippen LogP contribution in [0.2, 0.25) is 0 Å². The van der Waals surface area contributed by atoms with E-state index in [1.165, 1.54) is 24.3 Å². The molecule has 0 saturated carbocycles. The Morgan fingerprint density at radius 2 is 2.00 bits per heavy atom. The van der Waals surface area contributed by atoms with E-state index >= 15 is 0 Å². The van der Waals surface area contributed by atoms with Crippen LogP contribution >= 0.6 is 0 Å². The zero-order valence-electron chi connectivity index (χ0n) is 11.1. The van der Waals surface area contributed by atoms with Gasteiger partial charge < -0.3 is 0 Å². The van der Waals surface area contributed by atoms with Gasteiger partial charge in [0.25, 0.3) is 0 Å². The zero-order valence-corrected chi connectivity index (χ0v) is 11.1. The van der Waals surface area contributed by atoms with E-state index in [0.29, 0.717) is 0 Å². The highest BCUT2D eigenvalue weighted by atomic mass is 16.2. The van der Waals surface area contributed by atoms with Gasteiger partial charge in [0.05, 0.1) is 0 Å². The minimum absolute atomic E-state index is 0.384. The van der Waals surface area contributed by atoms with Gasteiger partial charge in [-0.3, -0.25) is 14.4 Å². The minimum Gasteiger partial charge on any atom is -0.294 e. The van der Waals surface area contributed by atoms with Crippen molar-refractivity contribution in [3.8, 4) is 0 Å². The zero-order chi connectivity index (χ0) is 14.5. The average Bonchev–Trinajstić information content (AvgIpc) is 2.59. The predicted molar refractivity (Wildman–Crippen MR) is 77.0 cm³/mol. The molecule has 0 amide bonds. The molecule has 3 nitrogen and oxygen atoms in total. The van der Waals surface area contributed by atoms with Crippen molar-refractivity contribution < 1.29 is 14.4 Å². The number of hydrogen-bond acceptors (Lipinski definition) is 3. The van der Waals surface area contributed by atoms with Gasteiger partial charge in [-0.2, -0.15) is 0 Å². The summed E-state index contributed by atoms with van der Waals surface area (Å²) in [5, 5.41) is 0. The van der Waals surface area contributed by atoms with Crippen LogP contribution in [0, 0.1) is 12.8 Å². The molecule has 1 aromatic carbocycles. The van der Waals surface area contributed by atoms with E-state index in [2.05, 4.69) is 0 Å². The van der Waals surface area contributed by atoms with Crippen LogP contribution < -0.4 is 0 Å². The van der Waals surface area contributed by atoms with Crippen LogP contribution in [0.25, 0.3) is 6.08 Å². The SMILES string of the molecule is Cc1cccc(/C=C/C(=O)C2C=CC=CC(=O)C2=O)c1. The molecule has 1 unspecified atom stereocenters. The van der Waals surface area contributed by atoms with E-state index < -0.39 is 17.5 Å². The quantitative estimate of drug-likeness (QED) is 0.479. The molecule has 0 spiro atoms. The number of allylic oxidation sites excluding steroid dienone is 5. The molecule has 0 aromatic heterocycles. The Hall–Kier alpha value is -2.55. The normalized spacial score (nSPS) is 18.6. The second-order valence-electron chi connectivity index (χ2n) is 4.60. The first-order valence-corrected chi connectivity index (χ1v) is 6.29. The van der Waals surface area contributed by atoms with E-state index in [-0.39, 0.29) is 5.78 Å². The number of benzene rings is 1. The first-order valence-electron chi connectivity index (χ1n) is 6.29. The smallest absolute Gasteiger partial charge is 0.222 e. The van der Waals surface area contributed by atoms with Gasteiger partial charge in [-0.1, -0.05) is 54.1 Å². The Bertz CT molecular complexity index is 648. The molecule has 0 fully saturated rings. The van der Waals surface area contributed by atoms with Gasteiger partial charge in [-0.15, -0.1) is 0 Å². The molecule has 100 valence electrons. The van der Waals surface area contributed by atoms with Gasteiger partial charge in [0, 0.05) is 0 Å². The molecular formula is C17H14O3. The van der Waals surface area contributed by atoms with Crippen LogP contribution in [-0.4, -0.2) is 17.3 Å². The lowest BCUT2D eigenvalue weighted by Crippen LogP contribution is -2.26. The fraction of sp³-hybridized carbons (Fsp3) is 0.118. The maximum absolute atomic E-state index is 12.0. The Kier molecular flexibility index (Phi) is 4.20. The fourth-order valence-electron chi connectivity index (χ4n) is 1.92. The van der Waals surface area contributed by atoms with Crippen molar-refractivity contribution in [3.63, 3.8) is 0 Å². The fourth-order valence-corrected chi connectivity index (χ4v) is 1.92. The maximum atomic E-state index is 12.0. The van der Waals surface area contributed by atoms with E-state index in [0.717, 1.165) is 11.1 Å². The number of aryl methyl sites for hydroxylation is 1. The molecule has 0 aliphatic heterocycles. The number of rotatable bonds is 3. The molecular weight excluding hydrogens is 252 g/mol. The summed E-state index contributed by atoms with van der Waals surface area (Å²) in [6, 6.07) is 7.65. The van der Waals surface area contributed by atoms with E-state index in [9.17, 15) is 14.4 Å². The molecule has 20 heavy (non-hydrogen) atoms. The van der Waals surface area contributed by atoms with E-state index in [1.807, 2.05) is 31.2 Å². The molecule has 1 aromatic rings. The number of Topliss-reactive ketones (excluding diaryl/α,β-unsaturated/α-hetero) is 1. The van der Waals surface area contributed by atoms with E-state index in [1.54, 1.807) is 12.2 Å². The maximum Gasteiger partial charge on any atom is 0.222 e. The summed E-state index contributed by atoms with van der Waals surface area (Å²) < 4.78 is 0. The van der Waals surface area contributed by atoms with Gasteiger partial charge in [-0.05, 0) is 24.6 Å². The number of ketones is 3. The van der Waals surface area contributed by atoms with Crippen molar-refractivity contribution in [3.05, 3.63) is 65.8 Å². The van der Waals surface area contributed by atoms with Gasteiger partial charge in [0.2, 0.25) is 11.6 Å². The summed E-state index contributed by atoms with van der Waals surface area (Å²) >= 11 is 0. The molecule has 0 bridgehead atoms. The second kappa shape index (κ2) is 6.06. The number of hydrogen-bond donors (Lipinski definition) is 0. The van der Waals surface area contributed by atoms with Crippen LogP contribution in [0.15, 0.2) is 54.6 Å². The first kappa shape index (κ1) is 13.9. The molecule has 0 heterocycles.